The predicted octanol–water partition coefficient (Wildman–Crippen LogP) is 2.69. The molecule has 1 saturated carbocycles. The molecule has 128 valence electrons. The van der Waals surface area contributed by atoms with Crippen LogP contribution in [0.15, 0.2) is 33.6 Å². The summed E-state index contributed by atoms with van der Waals surface area (Å²) in [7, 11) is -3.43. The van der Waals surface area contributed by atoms with Crippen molar-refractivity contribution in [3.8, 4) is 0 Å². The molecule has 1 aliphatic heterocycles. The van der Waals surface area contributed by atoms with Gasteiger partial charge in [0.15, 0.2) is 0 Å². The van der Waals surface area contributed by atoms with E-state index in [0.717, 1.165) is 14.6 Å². The van der Waals surface area contributed by atoms with Crippen molar-refractivity contribution in [2.75, 3.05) is 31.1 Å². The van der Waals surface area contributed by atoms with Gasteiger partial charge in [-0.2, -0.15) is 4.31 Å². The largest absolute Gasteiger partial charge is 0.344 e. The smallest absolute Gasteiger partial charge is 0.243 e. The number of benzene rings is 1. The molecule has 0 bridgehead atoms. The van der Waals surface area contributed by atoms with Crippen LogP contribution in [0.2, 0.25) is 0 Å². The van der Waals surface area contributed by atoms with Crippen LogP contribution >= 0.6 is 27.3 Å². The summed E-state index contributed by atoms with van der Waals surface area (Å²) in [6.45, 7) is 2.23. The third kappa shape index (κ3) is 3.22. The lowest BCUT2D eigenvalue weighted by Crippen LogP contribution is -2.48. The molecule has 2 aromatic rings. The zero-order chi connectivity index (χ0) is 16.7. The topological polar surface area (TPSA) is 66.4 Å². The highest BCUT2D eigenvalue weighted by Gasteiger charge is 2.31. The van der Waals surface area contributed by atoms with Crippen molar-refractivity contribution in [3.05, 3.63) is 33.7 Å². The van der Waals surface area contributed by atoms with Crippen molar-refractivity contribution >= 4 is 42.4 Å². The molecule has 0 N–H and O–H groups in total. The molecule has 9 heteroatoms. The number of halogens is 1. The fraction of sp³-hybridized carbons (Fsp3) is 0.467. The van der Waals surface area contributed by atoms with E-state index < -0.39 is 10.0 Å². The maximum Gasteiger partial charge on any atom is 0.243 e. The summed E-state index contributed by atoms with van der Waals surface area (Å²) in [4.78, 5) is 2.48. The van der Waals surface area contributed by atoms with E-state index in [9.17, 15) is 8.42 Å². The van der Waals surface area contributed by atoms with Crippen LogP contribution in [0.1, 0.15) is 23.8 Å². The van der Waals surface area contributed by atoms with Gasteiger partial charge in [-0.05, 0) is 37.1 Å². The zero-order valence-electron chi connectivity index (χ0n) is 12.9. The van der Waals surface area contributed by atoms with E-state index in [4.69, 9.17) is 0 Å². The Morgan fingerprint density at radius 2 is 1.71 bits per heavy atom. The first-order chi connectivity index (χ1) is 11.5. The molecule has 24 heavy (non-hydrogen) atoms. The molecule has 4 rings (SSSR count). The predicted molar refractivity (Wildman–Crippen MR) is 97.0 cm³/mol. The van der Waals surface area contributed by atoms with E-state index in [1.165, 1.54) is 12.8 Å². The monoisotopic (exact) mass is 428 g/mol. The molecule has 1 aliphatic carbocycles. The number of anilines is 1. The quantitative estimate of drug-likeness (QED) is 0.748. The highest BCUT2D eigenvalue weighted by molar-refractivity contribution is 9.10. The Morgan fingerprint density at radius 3 is 2.33 bits per heavy atom. The molecule has 0 radical (unpaired) electrons. The van der Waals surface area contributed by atoms with Crippen molar-refractivity contribution in [2.24, 2.45) is 0 Å². The molecular weight excluding hydrogens is 412 g/mol. The van der Waals surface area contributed by atoms with Crippen molar-refractivity contribution < 1.29 is 8.42 Å². The van der Waals surface area contributed by atoms with E-state index >= 15 is 0 Å². The van der Waals surface area contributed by atoms with Crippen LogP contribution in [0.5, 0.6) is 0 Å². The summed E-state index contributed by atoms with van der Waals surface area (Å²) in [6, 6.07) is 6.78. The van der Waals surface area contributed by atoms with Gasteiger partial charge in [0.2, 0.25) is 15.2 Å². The number of piperazine rings is 1. The Morgan fingerprint density at radius 1 is 1.04 bits per heavy atom. The van der Waals surface area contributed by atoms with Crippen molar-refractivity contribution in [3.63, 3.8) is 0 Å². The minimum Gasteiger partial charge on any atom is -0.344 e. The summed E-state index contributed by atoms with van der Waals surface area (Å²) in [5.74, 6) is 0.607. The lowest BCUT2D eigenvalue weighted by atomic mass is 10.4. The van der Waals surface area contributed by atoms with Crippen LogP contribution in [-0.2, 0) is 10.0 Å². The lowest BCUT2D eigenvalue weighted by molar-refractivity contribution is 0.384. The molecule has 2 aliphatic rings. The second kappa shape index (κ2) is 6.36. The van der Waals surface area contributed by atoms with Crippen LogP contribution in [0.25, 0.3) is 0 Å². The average Bonchev–Trinajstić information content (AvgIpc) is 3.32. The molecule has 2 fully saturated rings. The first kappa shape index (κ1) is 16.4. The maximum absolute atomic E-state index is 12.7. The fourth-order valence-corrected chi connectivity index (χ4v) is 5.48. The van der Waals surface area contributed by atoms with E-state index in [-0.39, 0.29) is 0 Å². The zero-order valence-corrected chi connectivity index (χ0v) is 16.1. The van der Waals surface area contributed by atoms with E-state index in [1.807, 2.05) is 0 Å². The van der Waals surface area contributed by atoms with Gasteiger partial charge in [0.25, 0.3) is 0 Å². The molecule has 1 aromatic carbocycles. The number of hydrogen-bond donors (Lipinski definition) is 0. The molecule has 6 nitrogen and oxygen atoms in total. The van der Waals surface area contributed by atoms with Gasteiger partial charge in [-0.1, -0.05) is 27.3 Å². The lowest BCUT2D eigenvalue weighted by Gasteiger charge is -2.33. The molecule has 0 atom stereocenters. The van der Waals surface area contributed by atoms with Gasteiger partial charge < -0.3 is 4.90 Å². The Bertz CT molecular complexity index is 825. The van der Waals surface area contributed by atoms with E-state index in [2.05, 4.69) is 31.0 Å². The third-order valence-corrected chi connectivity index (χ3v) is 7.91. The van der Waals surface area contributed by atoms with Crippen LogP contribution in [0.4, 0.5) is 5.13 Å². The molecule has 1 aromatic heterocycles. The van der Waals surface area contributed by atoms with Gasteiger partial charge in [0.05, 0.1) is 4.90 Å². The van der Waals surface area contributed by atoms with Crippen molar-refractivity contribution in [2.45, 2.75) is 23.7 Å². The van der Waals surface area contributed by atoms with Crippen LogP contribution in [0.3, 0.4) is 0 Å². The van der Waals surface area contributed by atoms with Crippen molar-refractivity contribution in [1.82, 2.24) is 14.5 Å². The van der Waals surface area contributed by atoms with Gasteiger partial charge in [0.1, 0.15) is 5.01 Å². The third-order valence-electron chi connectivity index (χ3n) is 4.32. The summed E-state index contributed by atoms with van der Waals surface area (Å²) in [6.07, 6.45) is 2.43. The molecule has 0 amide bonds. The second-order valence-electron chi connectivity index (χ2n) is 6.04. The first-order valence-corrected chi connectivity index (χ1v) is 10.9. The Labute approximate surface area is 153 Å². The highest BCUT2D eigenvalue weighted by Crippen LogP contribution is 2.42. The minimum absolute atomic E-state index is 0.339. The normalized spacial score (nSPS) is 19.6. The van der Waals surface area contributed by atoms with Gasteiger partial charge in [-0.3, -0.25) is 0 Å². The molecule has 2 heterocycles. The van der Waals surface area contributed by atoms with Crippen LogP contribution < -0.4 is 4.90 Å². The van der Waals surface area contributed by atoms with E-state index in [0.29, 0.717) is 37.0 Å². The minimum atomic E-state index is -3.43. The maximum atomic E-state index is 12.7. The Kier molecular flexibility index (Phi) is 4.36. The first-order valence-electron chi connectivity index (χ1n) is 7.88. The Hall–Kier alpha value is -1.03. The number of aromatic nitrogens is 2. The SMILES string of the molecule is O=S(=O)(c1ccc(Br)cc1)N1CCN(c2nnc(C3CC3)s2)CC1. The van der Waals surface area contributed by atoms with Crippen molar-refractivity contribution in [1.29, 1.82) is 0 Å². The van der Waals surface area contributed by atoms with Crippen LogP contribution in [-0.4, -0.2) is 49.1 Å². The number of sulfonamides is 1. The molecule has 0 unspecified atom stereocenters. The summed E-state index contributed by atoms with van der Waals surface area (Å²) in [5.41, 5.74) is 0. The van der Waals surface area contributed by atoms with Gasteiger partial charge in [0, 0.05) is 36.6 Å². The van der Waals surface area contributed by atoms with Gasteiger partial charge in [-0.25, -0.2) is 8.42 Å². The standard InChI is InChI=1S/C15H17BrN4O2S2/c16-12-3-5-13(6-4-12)24(21,22)20-9-7-19(8-10-20)15-18-17-14(23-15)11-1-2-11/h3-6,11H,1-2,7-10H2. The molecular formula is C15H17BrN4O2S2. The van der Waals surface area contributed by atoms with Gasteiger partial charge in [-0.15, -0.1) is 10.2 Å². The average molecular weight is 429 g/mol. The summed E-state index contributed by atoms with van der Waals surface area (Å²) >= 11 is 4.98. The highest BCUT2D eigenvalue weighted by atomic mass is 79.9. The Balaban J connectivity index is 1.44. The molecule has 0 spiro atoms. The number of hydrogen-bond acceptors (Lipinski definition) is 6. The second-order valence-corrected chi connectivity index (χ2v) is 9.88. The summed E-state index contributed by atoms with van der Waals surface area (Å²) in [5, 5.41) is 10.6. The van der Waals surface area contributed by atoms with Crippen LogP contribution in [0, 0.1) is 0 Å². The number of rotatable bonds is 4. The van der Waals surface area contributed by atoms with Gasteiger partial charge >= 0.3 is 0 Å². The van der Waals surface area contributed by atoms with E-state index in [1.54, 1.807) is 39.9 Å². The summed E-state index contributed by atoms with van der Waals surface area (Å²) < 4.78 is 27.8. The fourth-order valence-electron chi connectivity index (χ4n) is 2.72. The molecule has 1 saturated heterocycles. The number of nitrogens with zero attached hydrogens (tertiary/aromatic N) is 4.